The Morgan fingerprint density at radius 1 is 1.12 bits per heavy atom. The van der Waals surface area contributed by atoms with Crippen LogP contribution in [0.4, 0.5) is 4.79 Å². The van der Waals surface area contributed by atoms with E-state index in [1.807, 2.05) is 30.3 Å². The zero-order chi connectivity index (χ0) is 17.8. The van der Waals surface area contributed by atoms with Gasteiger partial charge in [0.1, 0.15) is 12.1 Å². The summed E-state index contributed by atoms with van der Waals surface area (Å²) in [7, 11) is 0. The maximum atomic E-state index is 11.9. The summed E-state index contributed by atoms with van der Waals surface area (Å²) in [5.74, 6) is -0.0315. The Labute approximate surface area is 154 Å². The predicted octanol–water partition coefficient (Wildman–Crippen LogP) is 3.88. The first-order chi connectivity index (χ1) is 12.1. The molecule has 0 unspecified atom stereocenters. The molecular formula is C17H12BrNO5S. The van der Waals surface area contributed by atoms with E-state index in [9.17, 15) is 14.4 Å². The van der Waals surface area contributed by atoms with Gasteiger partial charge in [-0.2, -0.15) is 0 Å². The summed E-state index contributed by atoms with van der Waals surface area (Å²) in [5, 5.41) is 0.132. The van der Waals surface area contributed by atoms with Gasteiger partial charge in [-0.15, -0.1) is 0 Å². The largest absolute Gasteiger partial charge is 0.514 e. The fourth-order valence-corrected chi connectivity index (χ4v) is 3.41. The molecule has 8 heteroatoms. The molecule has 0 atom stereocenters. The van der Waals surface area contributed by atoms with Gasteiger partial charge in [0.25, 0.3) is 0 Å². The highest BCUT2D eigenvalue weighted by Gasteiger charge is 2.18. The number of Topliss-reactive ketones (excluding diaryl/α,β-unsaturated/α-hetero) is 1. The molecule has 1 N–H and O–H groups in total. The Bertz CT molecular complexity index is 980. The molecule has 0 spiro atoms. The van der Waals surface area contributed by atoms with E-state index in [-0.39, 0.29) is 28.3 Å². The van der Waals surface area contributed by atoms with Crippen LogP contribution in [-0.2, 0) is 11.3 Å². The topological polar surface area (TPSA) is 85.5 Å². The van der Waals surface area contributed by atoms with E-state index < -0.39 is 6.16 Å². The van der Waals surface area contributed by atoms with Crippen molar-refractivity contribution in [2.75, 3.05) is 5.33 Å². The van der Waals surface area contributed by atoms with E-state index in [0.717, 1.165) is 16.9 Å². The Morgan fingerprint density at radius 2 is 1.88 bits per heavy atom. The number of carbonyl (C=O) groups excluding carboxylic acids is 2. The van der Waals surface area contributed by atoms with Crippen LogP contribution >= 0.6 is 27.3 Å². The summed E-state index contributed by atoms with van der Waals surface area (Å²) in [6.07, 6.45) is -0.892. The van der Waals surface area contributed by atoms with Crippen LogP contribution in [0.2, 0.25) is 0 Å². The Balaban J connectivity index is 1.81. The second-order valence-electron chi connectivity index (χ2n) is 5.01. The second kappa shape index (κ2) is 7.62. The third-order valence-corrected chi connectivity index (χ3v) is 4.78. The number of ketones is 1. The van der Waals surface area contributed by atoms with Gasteiger partial charge < -0.3 is 14.5 Å². The number of benzene rings is 2. The minimum atomic E-state index is -0.892. The number of carbonyl (C=O) groups is 2. The van der Waals surface area contributed by atoms with E-state index >= 15 is 0 Å². The molecule has 0 saturated heterocycles. The number of H-pyrrole nitrogens is 1. The molecule has 25 heavy (non-hydrogen) atoms. The normalized spacial score (nSPS) is 10.6. The van der Waals surface area contributed by atoms with Gasteiger partial charge in [-0.3, -0.25) is 9.59 Å². The van der Waals surface area contributed by atoms with E-state index in [1.165, 1.54) is 12.1 Å². The number of alkyl halides is 1. The quantitative estimate of drug-likeness (QED) is 0.292. The van der Waals surface area contributed by atoms with E-state index in [0.29, 0.717) is 15.8 Å². The molecule has 0 aliphatic rings. The monoisotopic (exact) mass is 421 g/mol. The van der Waals surface area contributed by atoms with Gasteiger partial charge in [0.15, 0.2) is 11.5 Å². The molecule has 128 valence electrons. The molecule has 0 radical (unpaired) electrons. The van der Waals surface area contributed by atoms with Gasteiger partial charge in [-0.1, -0.05) is 57.6 Å². The van der Waals surface area contributed by atoms with Crippen molar-refractivity contribution in [3.05, 3.63) is 63.3 Å². The summed E-state index contributed by atoms with van der Waals surface area (Å²) in [5.41, 5.74) is 1.52. The highest BCUT2D eigenvalue weighted by atomic mass is 79.9. The summed E-state index contributed by atoms with van der Waals surface area (Å²) in [6, 6.07) is 12.2. The maximum absolute atomic E-state index is 11.9. The van der Waals surface area contributed by atoms with Crippen LogP contribution in [0.3, 0.4) is 0 Å². The Hall–Kier alpha value is -2.45. The average molecular weight is 422 g/mol. The lowest BCUT2D eigenvalue weighted by molar-refractivity contribution is 0.0932. The van der Waals surface area contributed by atoms with Crippen molar-refractivity contribution in [1.29, 1.82) is 0 Å². The zero-order valence-corrected chi connectivity index (χ0v) is 15.2. The summed E-state index contributed by atoms with van der Waals surface area (Å²) in [4.78, 5) is 37.8. The Kier molecular flexibility index (Phi) is 5.30. The van der Waals surface area contributed by atoms with Crippen LogP contribution in [0.25, 0.3) is 10.2 Å². The van der Waals surface area contributed by atoms with Gasteiger partial charge in [-0.05, 0) is 17.7 Å². The Morgan fingerprint density at radius 3 is 2.60 bits per heavy atom. The molecule has 2 aromatic carbocycles. The molecule has 0 aliphatic heterocycles. The molecule has 6 nitrogen and oxygen atoms in total. The predicted molar refractivity (Wildman–Crippen MR) is 97.8 cm³/mol. The van der Waals surface area contributed by atoms with Gasteiger partial charge >= 0.3 is 11.0 Å². The van der Waals surface area contributed by atoms with E-state index in [2.05, 4.69) is 20.9 Å². The molecule has 0 saturated carbocycles. The number of rotatable bonds is 5. The third-order valence-electron chi connectivity index (χ3n) is 3.36. The van der Waals surface area contributed by atoms with Gasteiger partial charge in [0.2, 0.25) is 0 Å². The minimum Gasteiger partial charge on any atom is -0.429 e. The molecule has 0 bridgehead atoms. The third kappa shape index (κ3) is 3.97. The zero-order valence-electron chi connectivity index (χ0n) is 12.8. The number of fused-ring (bicyclic) bond motifs is 1. The number of hydrogen-bond donors (Lipinski definition) is 1. The lowest BCUT2D eigenvalue weighted by atomic mass is 10.1. The number of aromatic nitrogens is 1. The number of nitrogens with one attached hydrogen (secondary N) is 1. The van der Waals surface area contributed by atoms with Crippen molar-refractivity contribution in [2.45, 2.75) is 6.61 Å². The molecule has 0 amide bonds. The number of thiazole rings is 1. The highest BCUT2D eigenvalue weighted by molar-refractivity contribution is 9.09. The van der Waals surface area contributed by atoms with Crippen LogP contribution in [-0.4, -0.2) is 22.3 Å². The molecule has 0 aliphatic carbocycles. The van der Waals surface area contributed by atoms with Crippen LogP contribution < -0.4 is 9.61 Å². The van der Waals surface area contributed by atoms with Crippen molar-refractivity contribution in [2.24, 2.45) is 0 Å². The molecular weight excluding hydrogens is 410 g/mol. The van der Waals surface area contributed by atoms with E-state index in [4.69, 9.17) is 9.47 Å². The maximum Gasteiger partial charge on any atom is 0.514 e. The van der Waals surface area contributed by atoms with Gasteiger partial charge in [0.05, 0.1) is 10.0 Å². The fourth-order valence-electron chi connectivity index (χ4n) is 2.22. The molecule has 1 aromatic heterocycles. The van der Waals surface area contributed by atoms with Crippen molar-refractivity contribution in [1.82, 2.24) is 4.98 Å². The van der Waals surface area contributed by atoms with Crippen molar-refractivity contribution in [3.8, 4) is 5.75 Å². The molecule has 1 heterocycles. The first-order valence-corrected chi connectivity index (χ1v) is 9.16. The van der Waals surface area contributed by atoms with Crippen LogP contribution in [0.1, 0.15) is 15.9 Å². The van der Waals surface area contributed by atoms with Crippen LogP contribution in [0.15, 0.2) is 47.3 Å². The molecule has 0 fully saturated rings. The first-order valence-electron chi connectivity index (χ1n) is 7.22. The summed E-state index contributed by atoms with van der Waals surface area (Å²) < 4.78 is 10.7. The number of aromatic amines is 1. The van der Waals surface area contributed by atoms with Crippen molar-refractivity contribution >= 4 is 49.4 Å². The lowest BCUT2D eigenvalue weighted by Gasteiger charge is -2.08. The van der Waals surface area contributed by atoms with Crippen molar-refractivity contribution in [3.63, 3.8) is 0 Å². The van der Waals surface area contributed by atoms with Crippen LogP contribution in [0.5, 0.6) is 5.75 Å². The van der Waals surface area contributed by atoms with Crippen LogP contribution in [0, 0.1) is 0 Å². The van der Waals surface area contributed by atoms with E-state index in [1.54, 1.807) is 0 Å². The molecule has 3 aromatic rings. The summed E-state index contributed by atoms with van der Waals surface area (Å²) in [6.45, 7) is 0.0725. The minimum absolute atomic E-state index is 0.0725. The van der Waals surface area contributed by atoms with Gasteiger partial charge in [0, 0.05) is 5.56 Å². The molecule has 3 rings (SSSR count). The lowest BCUT2D eigenvalue weighted by Crippen LogP contribution is -2.11. The number of halogens is 1. The number of hydrogen-bond acceptors (Lipinski definition) is 6. The smallest absolute Gasteiger partial charge is 0.429 e. The SMILES string of the molecule is O=C(OCc1ccccc1)Oc1ccc(C(=O)CBr)c2sc(=O)[nH]c12. The van der Waals surface area contributed by atoms with Gasteiger partial charge in [-0.25, -0.2) is 4.79 Å². The standard InChI is InChI=1S/C17H12BrNO5S/c18-8-12(20)11-6-7-13(14-15(11)25-16(21)19-14)24-17(22)23-9-10-4-2-1-3-5-10/h1-7H,8-9H2,(H,19,21). The highest BCUT2D eigenvalue weighted by Crippen LogP contribution is 2.29. The second-order valence-corrected chi connectivity index (χ2v) is 6.56. The average Bonchev–Trinajstić information content (AvgIpc) is 3.02. The fraction of sp³-hybridized carbons (Fsp3) is 0.118. The summed E-state index contributed by atoms with van der Waals surface area (Å²) >= 11 is 4.00. The van der Waals surface area contributed by atoms with Crippen molar-refractivity contribution < 1.29 is 19.1 Å². The number of ether oxygens (including phenoxy) is 2. The first kappa shape index (κ1) is 17.4.